The Labute approximate surface area is 114 Å². The fourth-order valence-electron chi connectivity index (χ4n) is 1.24. The van der Waals surface area contributed by atoms with Crippen LogP contribution >= 0.6 is 11.8 Å². The highest BCUT2D eigenvalue weighted by Gasteiger charge is 2.11. The van der Waals surface area contributed by atoms with E-state index in [1.54, 1.807) is 6.07 Å². The molecule has 0 unspecified atom stereocenters. The Hall–Kier alpha value is -1.60. The molecule has 19 heavy (non-hydrogen) atoms. The van der Waals surface area contributed by atoms with Crippen LogP contribution in [0.4, 0.5) is 10.1 Å². The summed E-state index contributed by atoms with van der Waals surface area (Å²) in [4.78, 5) is 22.0. The van der Waals surface area contributed by atoms with Gasteiger partial charge in [-0.05, 0) is 18.2 Å². The van der Waals surface area contributed by atoms with Crippen molar-refractivity contribution in [2.75, 3.05) is 16.8 Å². The van der Waals surface area contributed by atoms with E-state index in [-0.39, 0.29) is 18.1 Å². The molecular formula is C12H15FN2O3S. The van der Waals surface area contributed by atoms with Gasteiger partial charge in [0.2, 0.25) is 5.91 Å². The second-order valence-corrected chi connectivity index (χ2v) is 4.98. The minimum atomic E-state index is -1.06. The highest BCUT2D eigenvalue weighted by atomic mass is 32.2. The first-order chi connectivity index (χ1) is 8.99. The van der Waals surface area contributed by atoms with Gasteiger partial charge in [0.05, 0.1) is 0 Å². The van der Waals surface area contributed by atoms with E-state index in [1.807, 2.05) is 0 Å². The maximum atomic E-state index is 12.9. The first-order valence-electron chi connectivity index (χ1n) is 5.60. The molecule has 0 saturated heterocycles. The lowest BCUT2D eigenvalue weighted by atomic mass is 10.3. The van der Waals surface area contributed by atoms with Crippen LogP contribution in [0.2, 0.25) is 0 Å². The Morgan fingerprint density at radius 2 is 2.21 bits per heavy atom. The van der Waals surface area contributed by atoms with Gasteiger partial charge in [0, 0.05) is 23.6 Å². The van der Waals surface area contributed by atoms with E-state index in [9.17, 15) is 14.0 Å². The Morgan fingerprint density at radius 3 is 2.84 bits per heavy atom. The summed E-state index contributed by atoms with van der Waals surface area (Å²) in [5.41, 5.74) is 5.71. The number of aliphatic carboxylic acids is 1. The van der Waals surface area contributed by atoms with E-state index in [0.717, 1.165) is 0 Å². The van der Waals surface area contributed by atoms with Gasteiger partial charge in [-0.3, -0.25) is 9.59 Å². The number of carboxylic acids is 1. The summed E-state index contributed by atoms with van der Waals surface area (Å²) in [6, 6.07) is 4.70. The Kier molecular flexibility index (Phi) is 6.31. The lowest BCUT2D eigenvalue weighted by molar-refractivity contribution is -0.137. The fraction of sp³-hybridized carbons (Fsp3) is 0.333. The molecule has 1 atom stereocenters. The van der Waals surface area contributed by atoms with Crippen LogP contribution in [0.1, 0.15) is 6.42 Å². The van der Waals surface area contributed by atoms with Crippen LogP contribution < -0.4 is 11.1 Å². The van der Waals surface area contributed by atoms with Gasteiger partial charge in [0.25, 0.3) is 0 Å². The number of amides is 1. The molecule has 0 saturated carbocycles. The quantitative estimate of drug-likeness (QED) is 0.657. The number of carbonyl (C=O) groups is 2. The lowest BCUT2D eigenvalue weighted by Gasteiger charge is -2.07. The zero-order chi connectivity index (χ0) is 14.3. The van der Waals surface area contributed by atoms with Crippen LogP contribution in [0.5, 0.6) is 0 Å². The number of thioether (sulfide) groups is 1. The molecule has 0 aliphatic heterocycles. The van der Waals surface area contributed by atoms with Crippen LogP contribution in [-0.2, 0) is 9.59 Å². The molecule has 0 spiro atoms. The predicted molar refractivity (Wildman–Crippen MR) is 72.6 cm³/mol. The van der Waals surface area contributed by atoms with Crippen LogP contribution in [0, 0.1) is 5.82 Å². The molecule has 1 rings (SSSR count). The van der Waals surface area contributed by atoms with Gasteiger partial charge in [-0.1, -0.05) is 6.07 Å². The molecule has 0 aromatic heterocycles. The highest BCUT2D eigenvalue weighted by molar-refractivity contribution is 7.99. The molecule has 7 heteroatoms. The number of nitrogens with one attached hydrogen (secondary N) is 1. The molecule has 0 fully saturated rings. The summed E-state index contributed by atoms with van der Waals surface area (Å²) in [6.07, 6.45) is 0.216. The normalized spacial score (nSPS) is 11.9. The molecule has 1 amide bonds. The van der Waals surface area contributed by atoms with Crippen LogP contribution in [0.15, 0.2) is 24.3 Å². The lowest BCUT2D eigenvalue weighted by Crippen LogP contribution is -2.32. The van der Waals surface area contributed by atoms with Crippen LogP contribution in [-0.4, -0.2) is 34.5 Å². The van der Waals surface area contributed by atoms with E-state index in [1.165, 1.54) is 30.0 Å². The third-order valence-electron chi connectivity index (χ3n) is 2.20. The maximum absolute atomic E-state index is 12.9. The molecule has 1 aromatic rings. The minimum absolute atomic E-state index is 0.216. The third-order valence-corrected chi connectivity index (χ3v) is 3.28. The first kappa shape index (κ1) is 15.5. The SMILES string of the molecule is N[C@H](CSCCC(=O)Nc1cccc(F)c1)C(=O)O. The summed E-state index contributed by atoms with van der Waals surface area (Å²) in [5.74, 6) is -1.01. The van der Waals surface area contributed by atoms with E-state index < -0.39 is 17.8 Å². The Bertz CT molecular complexity index is 456. The third kappa shape index (κ3) is 6.21. The molecule has 0 heterocycles. The summed E-state index contributed by atoms with van der Waals surface area (Å²) in [5, 5.41) is 11.1. The van der Waals surface area contributed by atoms with Crippen molar-refractivity contribution in [1.29, 1.82) is 0 Å². The van der Waals surface area contributed by atoms with Gasteiger partial charge in [-0.15, -0.1) is 0 Å². The van der Waals surface area contributed by atoms with E-state index in [0.29, 0.717) is 11.4 Å². The van der Waals surface area contributed by atoms with Crippen LogP contribution in [0.3, 0.4) is 0 Å². The summed E-state index contributed by atoms with van der Waals surface area (Å²) >= 11 is 1.29. The topological polar surface area (TPSA) is 92.4 Å². The van der Waals surface area contributed by atoms with Crippen LogP contribution in [0.25, 0.3) is 0 Å². The highest BCUT2D eigenvalue weighted by Crippen LogP contribution is 2.10. The zero-order valence-electron chi connectivity index (χ0n) is 10.1. The second kappa shape index (κ2) is 7.75. The molecule has 104 valence electrons. The summed E-state index contributed by atoms with van der Waals surface area (Å²) in [7, 11) is 0. The van der Waals surface area contributed by atoms with Crippen molar-refractivity contribution in [2.45, 2.75) is 12.5 Å². The summed E-state index contributed by atoms with van der Waals surface area (Å²) in [6.45, 7) is 0. The van der Waals surface area contributed by atoms with E-state index in [4.69, 9.17) is 10.8 Å². The van der Waals surface area contributed by atoms with Crippen molar-refractivity contribution in [3.05, 3.63) is 30.1 Å². The number of rotatable bonds is 7. The fourth-order valence-corrected chi connectivity index (χ4v) is 2.13. The number of carbonyl (C=O) groups excluding carboxylic acids is 1. The van der Waals surface area contributed by atoms with Gasteiger partial charge in [0.15, 0.2) is 0 Å². The number of nitrogens with two attached hydrogens (primary N) is 1. The monoisotopic (exact) mass is 286 g/mol. The van der Waals surface area contributed by atoms with Crippen molar-refractivity contribution < 1.29 is 19.1 Å². The number of carboxylic acid groups (broad SMARTS) is 1. The number of halogens is 1. The van der Waals surface area contributed by atoms with Crippen molar-refractivity contribution in [3.63, 3.8) is 0 Å². The van der Waals surface area contributed by atoms with E-state index in [2.05, 4.69) is 5.32 Å². The Morgan fingerprint density at radius 1 is 1.47 bits per heavy atom. The second-order valence-electron chi connectivity index (χ2n) is 3.83. The molecule has 0 aliphatic rings. The molecule has 0 aliphatic carbocycles. The van der Waals surface area contributed by atoms with E-state index >= 15 is 0 Å². The van der Waals surface area contributed by atoms with Gasteiger partial charge in [-0.2, -0.15) is 11.8 Å². The van der Waals surface area contributed by atoms with Gasteiger partial charge in [-0.25, -0.2) is 4.39 Å². The average molecular weight is 286 g/mol. The largest absolute Gasteiger partial charge is 0.480 e. The van der Waals surface area contributed by atoms with Gasteiger partial charge < -0.3 is 16.2 Å². The zero-order valence-corrected chi connectivity index (χ0v) is 11.0. The number of anilines is 1. The number of hydrogen-bond donors (Lipinski definition) is 3. The molecule has 0 bridgehead atoms. The minimum Gasteiger partial charge on any atom is -0.480 e. The van der Waals surface area contributed by atoms with Crippen molar-refractivity contribution >= 4 is 29.3 Å². The summed E-state index contributed by atoms with van der Waals surface area (Å²) < 4.78 is 12.9. The molecule has 0 radical (unpaired) electrons. The first-order valence-corrected chi connectivity index (χ1v) is 6.76. The maximum Gasteiger partial charge on any atom is 0.321 e. The molecule has 5 nitrogen and oxygen atoms in total. The van der Waals surface area contributed by atoms with Gasteiger partial charge in [0.1, 0.15) is 11.9 Å². The number of benzene rings is 1. The average Bonchev–Trinajstić information content (AvgIpc) is 2.34. The van der Waals surface area contributed by atoms with Crippen molar-refractivity contribution in [2.24, 2.45) is 5.73 Å². The van der Waals surface area contributed by atoms with Gasteiger partial charge >= 0.3 is 5.97 Å². The number of hydrogen-bond acceptors (Lipinski definition) is 4. The Balaban J connectivity index is 2.23. The van der Waals surface area contributed by atoms with Crippen molar-refractivity contribution in [3.8, 4) is 0 Å². The van der Waals surface area contributed by atoms with Crippen molar-refractivity contribution in [1.82, 2.24) is 0 Å². The molecule has 4 N–H and O–H groups in total. The predicted octanol–water partition coefficient (Wildman–Crippen LogP) is 1.30. The smallest absolute Gasteiger partial charge is 0.321 e. The molecule has 1 aromatic carbocycles. The standard InChI is InChI=1S/C12H15FN2O3S/c13-8-2-1-3-9(6-8)15-11(16)4-5-19-7-10(14)12(17)18/h1-3,6,10H,4-5,7,14H2,(H,15,16)(H,17,18)/t10-/m1/s1. The molecular weight excluding hydrogens is 271 g/mol.